The number of rotatable bonds is 23. The zero-order valence-electron chi connectivity index (χ0n) is 47.6. The van der Waals surface area contributed by atoms with Crippen LogP contribution in [0.4, 0.5) is 0 Å². The lowest BCUT2D eigenvalue weighted by atomic mass is 9.44. The summed E-state index contributed by atoms with van der Waals surface area (Å²) in [6, 6.07) is 22.5. The van der Waals surface area contributed by atoms with Gasteiger partial charge in [-0.1, -0.05) is 109 Å². The predicted molar refractivity (Wildman–Crippen MR) is 301 cm³/mol. The zero-order valence-corrected chi connectivity index (χ0v) is 49.2. The van der Waals surface area contributed by atoms with Crippen molar-refractivity contribution in [2.45, 2.75) is 158 Å². The predicted octanol–water partition coefficient (Wildman–Crippen LogP) is 6.80. The van der Waals surface area contributed by atoms with E-state index >= 15 is 4.79 Å². The molecule has 2 saturated heterocycles. The second-order valence-corrected chi connectivity index (χ2v) is 25.2. The Bertz CT molecular complexity index is 2950. The van der Waals surface area contributed by atoms with Crippen LogP contribution in [0.25, 0.3) is 0 Å². The standard InChI is InChI=1S/C61H71NO20S2/c1-35-42(79-57(72)50(68)49(38-18-10-7-11-19-38)62-55(70)39-20-12-8-13-21-39)31-61(73)54(81-56(71)40-22-14-9-15-23-40)52-59(6,53(69)51(78-36(2)63)48(35)58(61,4)5)43(30-44-60(52,32-75-44)82-37(3)64)80-47(67)27-26-46(66)77-34-74-33-76-45(65)25-17-16-24-41-28-29-83-84-41/h7-15,18-23,41-44,49-52,54,68,73H,16-17,24-34H2,1-6H3,(H,62,70)/t41?,42-,43-,44+,49-,50+,51+,52-,54-,59+,60-,61+/m0/s1. The first kappa shape index (κ1) is 63.4. The van der Waals surface area contributed by atoms with Crippen molar-refractivity contribution in [2.24, 2.45) is 16.7 Å². The molecule has 452 valence electrons. The van der Waals surface area contributed by atoms with Crippen molar-refractivity contribution in [3.8, 4) is 0 Å². The fraction of sp³-hybridized carbons (Fsp3) is 0.525. The molecule has 2 heterocycles. The number of unbranched alkanes of at least 4 members (excludes halogenated alkanes) is 1. The van der Waals surface area contributed by atoms with Crippen molar-refractivity contribution < 1.29 is 96.0 Å². The van der Waals surface area contributed by atoms with E-state index in [0.29, 0.717) is 17.2 Å². The number of amides is 1. The average Bonchev–Trinajstić information content (AvgIpc) is 0.707. The molecule has 3 aromatic carbocycles. The number of carbonyl (C=O) groups excluding carboxylic acids is 9. The van der Waals surface area contributed by atoms with E-state index in [-0.39, 0.29) is 35.1 Å². The number of Topliss-reactive ketones (excluding diaryl/α,β-unsaturated/α-hetero) is 1. The number of aliphatic hydroxyl groups excluding tert-OH is 1. The molecule has 0 radical (unpaired) electrons. The van der Waals surface area contributed by atoms with Crippen LogP contribution in [0.1, 0.15) is 132 Å². The van der Waals surface area contributed by atoms with Crippen molar-refractivity contribution in [1.29, 1.82) is 0 Å². The Morgan fingerprint density at radius 1 is 0.762 bits per heavy atom. The third kappa shape index (κ3) is 13.6. The fourth-order valence-corrected chi connectivity index (χ4v) is 15.4. The first-order valence-electron chi connectivity index (χ1n) is 27.9. The van der Waals surface area contributed by atoms with E-state index in [1.165, 1.54) is 39.8 Å². The molecule has 3 aromatic rings. The van der Waals surface area contributed by atoms with E-state index in [4.69, 9.17) is 42.6 Å². The molecule has 84 heavy (non-hydrogen) atoms. The van der Waals surface area contributed by atoms with Gasteiger partial charge in [0.15, 0.2) is 37.2 Å². The van der Waals surface area contributed by atoms with Crippen LogP contribution in [0, 0.1) is 16.7 Å². The summed E-state index contributed by atoms with van der Waals surface area (Å²) < 4.78 is 52.6. The molecule has 4 fully saturated rings. The molecule has 12 atom stereocenters. The Hall–Kier alpha value is -6.63. The number of hydrogen-bond acceptors (Lipinski definition) is 22. The van der Waals surface area contributed by atoms with Crippen LogP contribution in [-0.4, -0.2) is 143 Å². The highest BCUT2D eigenvalue weighted by Crippen LogP contribution is 2.65. The maximum atomic E-state index is 16.3. The van der Waals surface area contributed by atoms with Gasteiger partial charge in [-0.3, -0.25) is 33.6 Å². The molecule has 0 aromatic heterocycles. The van der Waals surface area contributed by atoms with Gasteiger partial charge in [-0.25, -0.2) is 9.59 Å². The summed E-state index contributed by atoms with van der Waals surface area (Å²) in [6.07, 6.45) is -8.75. The lowest BCUT2D eigenvalue weighted by Gasteiger charge is -2.67. The molecule has 2 bridgehead atoms. The lowest BCUT2D eigenvalue weighted by Crippen LogP contribution is -2.82. The average molecular weight is 1200 g/mol. The lowest BCUT2D eigenvalue weighted by molar-refractivity contribution is -0.346. The summed E-state index contributed by atoms with van der Waals surface area (Å²) in [5.74, 6) is -8.78. The minimum Gasteiger partial charge on any atom is -0.461 e. The molecule has 2 saturated carbocycles. The maximum Gasteiger partial charge on any atom is 0.338 e. The summed E-state index contributed by atoms with van der Waals surface area (Å²) in [5.41, 5.74) is -8.07. The SMILES string of the molecule is CC(=O)O[C@H]1C(=O)[C@]2(C)[C@@H](OC(=O)CCC(=O)OCOCOC(=O)CCCCC3CCSS3)C[C@H]3OC[C@@]3(OC(C)=O)[C@H]2[C@H](OC(=O)c2ccccc2)[C@]2(O)C[C@H](OC(=O)[C@H](O)[C@@H](NC(=O)c3ccccc3)c3ccccc3)C(C)=C1C2(C)C. The zero-order chi connectivity index (χ0) is 60.6. The number of benzene rings is 3. The highest BCUT2D eigenvalue weighted by molar-refractivity contribution is 8.77. The molecule has 5 aliphatic rings. The summed E-state index contributed by atoms with van der Waals surface area (Å²) >= 11 is 0. The van der Waals surface area contributed by atoms with Gasteiger partial charge in [0.1, 0.15) is 30.0 Å². The molecule has 2 aliphatic heterocycles. The van der Waals surface area contributed by atoms with Crippen molar-refractivity contribution in [3.05, 3.63) is 119 Å². The quantitative estimate of drug-likeness (QED) is 0.0220. The van der Waals surface area contributed by atoms with Gasteiger partial charge in [0.25, 0.3) is 5.91 Å². The Morgan fingerprint density at radius 3 is 1.98 bits per heavy atom. The van der Waals surface area contributed by atoms with Gasteiger partial charge in [0.05, 0.1) is 42.4 Å². The second kappa shape index (κ2) is 27.2. The topological polar surface area (TPSA) is 289 Å². The minimum atomic E-state index is -2.55. The number of hydrogen-bond donors (Lipinski definition) is 3. The van der Waals surface area contributed by atoms with Crippen molar-refractivity contribution >= 4 is 75.1 Å². The van der Waals surface area contributed by atoms with Crippen LogP contribution < -0.4 is 5.32 Å². The Balaban J connectivity index is 1.11. The van der Waals surface area contributed by atoms with Gasteiger partial charge >= 0.3 is 41.8 Å². The van der Waals surface area contributed by atoms with Crippen molar-refractivity contribution in [2.75, 3.05) is 25.9 Å². The first-order valence-corrected chi connectivity index (χ1v) is 30.3. The molecular formula is C61H71NO20S2. The molecule has 8 rings (SSSR count). The van der Waals surface area contributed by atoms with Gasteiger partial charge in [0, 0.05) is 55.1 Å². The number of esters is 7. The van der Waals surface area contributed by atoms with E-state index in [1.54, 1.807) is 78.9 Å². The Kier molecular flexibility index (Phi) is 20.5. The molecule has 23 heteroatoms. The van der Waals surface area contributed by atoms with E-state index in [9.17, 15) is 48.6 Å². The van der Waals surface area contributed by atoms with Gasteiger partial charge in [-0.15, -0.1) is 0 Å². The monoisotopic (exact) mass is 1200 g/mol. The van der Waals surface area contributed by atoms with E-state index in [2.05, 4.69) is 5.32 Å². The third-order valence-corrected chi connectivity index (χ3v) is 19.8. The van der Waals surface area contributed by atoms with E-state index < -0.39 is 164 Å². The van der Waals surface area contributed by atoms with Crippen LogP contribution in [0.2, 0.25) is 0 Å². The number of nitrogens with one attached hydrogen (secondary N) is 1. The number of aliphatic hydroxyl groups is 2. The normalized spacial score (nSPS) is 28.2. The number of carbonyl (C=O) groups is 9. The minimum absolute atomic E-state index is 0.0102. The summed E-state index contributed by atoms with van der Waals surface area (Å²) in [5, 5.41) is 29.4. The Morgan fingerprint density at radius 2 is 1.38 bits per heavy atom. The molecule has 21 nitrogen and oxygen atoms in total. The molecule has 3 N–H and O–H groups in total. The Labute approximate surface area is 494 Å². The number of fused-ring (bicyclic) bond motifs is 5. The van der Waals surface area contributed by atoms with Crippen LogP contribution in [0.5, 0.6) is 0 Å². The van der Waals surface area contributed by atoms with Gasteiger partial charge in [-0.05, 0) is 74.1 Å². The third-order valence-electron chi connectivity index (χ3n) is 16.7. The second-order valence-electron chi connectivity index (χ2n) is 22.4. The smallest absolute Gasteiger partial charge is 0.338 e. The number of ketones is 1. The van der Waals surface area contributed by atoms with Crippen LogP contribution in [0.3, 0.4) is 0 Å². The maximum absolute atomic E-state index is 16.3. The summed E-state index contributed by atoms with van der Waals surface area (Å²) in [7, 11) is 3.73. The fourth-order valence-electron chi connectivity index (χ4n) is 12.4. The highest BCUT2D eigenvalue weighted by atomic mass is 33.1. The highest BCUT2D eigenvalue weighted by Gasteiger charge is 2.79. The van der Waals surface area contributed by atoms with Gasteiger partial charge < -0.3 is 58.2 Å². The molecule has 1 unspecified atom stereocenters. The summed E-state index contributed by atoms with van der Waals surface area (Å²) in [6.45, 7) is 6.50. The van der Waals surface area contributed by atoms with Gasteiger partial charge in [-0.2, -0.15) is 0 Å². The largest absolute Gasteiger partial charge is 0.461 e. The molecule has 0 spiro atoms. The van der Waals surface area contributed by atoms with Gasteiger partial charge in [0.2, 0.25) is 0 Å². The van der Waals surface area contributed by atoms with E-state index in [0.717, 1.165) is 38.9 Å². The first-order chi connectivity index (χ1) is 40.0. The molecule has 1 amide bonds. The van der Waals surface area contributed by atoms with Crippen molar-refractivity contribution in [1.82, 2.24) is 5.32 Å². The van der Waals surface area contributed by atoms with Crippen molar-refractivity contribution in [3.63, 3.8) is 0 Å². The van der Waals surface area contributed by atoms with Crippen LogP contribution >= 0.6 is 21.6 Å². The van der Waals surface area contributed by atoms with E-state index in [1.807, 2.05) is 21.6 Å². The molecule has 3 aliphatic carbocycles. The number of ether oxygens (including phenoxy) is 9. The summed E-state index contributed by atoms with van der Waals surface area (Å²) in [4.78, 5) is 125. The molecular weight excluding hydrogens is 1130 g/mol. The van der Waals surface area contributed by atoms with Crippen LogP contribution in [-0.2, 0) is 76.2 Å². The van der Waals surface area contributed by atoms with Crippen LogP contribution in [0.15, 0.2) is 102 Å².